The molecule has 3 heterocycles. The number of hydrogen-bond donors (Lipinski definition) is 1. The third-order valence-electron chi connectivity index (χ3n) is 5.14. The number of hydrogen-bond acceptors (Lipinski definition) is 5. The monoisotopic (exact) mass is 344 g/mol. The molecular formula is C18H22N3O4+. The Morgan fingerprint density at radius 1 is 1.28 bits per heavy atom. The SMILES string of the molecule is COc1ccc(OC)c(C2N(c3cc(C)on3)C(=O)C3CCC[NH+]32)c1. The van der Waals surface area contributed by atoms with E-state index in [1.54, 1.807) is 25.2 Å². The van der Waals surface area contributed by atoms with Crippen molar-refractivity contribution in [1.29, 1.82) is 0 Å². The lowest BCUT2D eigenvalue weighted by Gasteiger charge is -2.26. The van der Waals surface area contributed by atoms with Gasteiger partial charge < -0.3 is 18.9 Å². The van der Waals surface area contributed by atoms with Crippen molar-refractivity contribution in [3.8, 4) is 11.5 Å². The highest BCUT2D eigenvalue weighted by Gasteiger charge is 2.55. The molecule has 1 aromatic carbocycles. The van der Waals surface area contributed by atoms with Crippen molar-refractivity contribution in [2.24, 2.45) is 0 Å². The summed E-state index contributed by atoms with van der Waals surface area (Å²) in [6, 6.07) is 7.45. The molecule has 2 saturated heterocycles. The topological polar surface area (TPSA) is 69.2 Å². The number of nitrogens with zero attached hydrogens (tertiary/aromatic N) is 2. The molecule has 1 amide bonds. The molecule has 1 aromatic heterocycles. The molecule has 3 unspecified atom stereocenters. The molecule has 4 rings (SSSR count). The zero-order chi connectivity index (χ0) is 17.6. The van der Waals surface area contributed by atoms with Crippen LogP contribution in [0.1, 0.15) is 30.3 Å². The van der Waals surface area contributed by atoms with Gasteiger partial charge in [-0.05, 0) is 25.1 Å². The van der Waals surface area contributed by atoms with E-state index >= 15 is 0 Å². The maximum Gasteiger partial charge on any atom is 0.291 e. The molecule has 0 saturated carbocycles. The van der Waals surface area contributed by atoms with Gasteiger partial charge in [-0.2, -0.15) is 0 Å². The van der Waals surface area contributed by atoms with Crippen molar-refractivity contribution < 1.29 is 23.7 Å². The summed E-state index contributed by atoms with van der Waals surface area (Å²) in [5.41, 5.74) is 0.926. The van der Waals surface area contributed by atoms with E-state index in [1.165, 1.54) is 4.90 Å². The van der Waals surface area contributed by atoms with Crippen LogP contribution in [0.2, 0.25) is 0 Å². The largest absolute Gasteiger partial charge is 0.497 e. The lowest BCUT2D eigenvalue weighted by Crippen LogP contribution is -3.12. The first-order chi connectivity index (χ1) is 12.1. The third kappa shape index (κ3) is 2.46. The molecular weight excluding hydrogens is 322 g/mol. The number of fused-ring (bicyclic) bond motifs is 1. The molecule has 2 aliphatic rings. The fourth-order valence-corrected chi connectivity index (χ4v) is 4.04. The summed E-state index contributed by atoms with van der Waals surface area (Å²) < 4.78 is 16.2. The van der Waals surface area contributed by atoms with Crippen molar-refractivity contribution in [1.82, 2.24) is 5.16 Å². The number of carbonyl (C=O) groups excluding carboxylic acids is 1. The average molecular weight is 344 g/mol. The maximum absolute atomic E-state index is 13.1. The van der Waals surface area contributed by atoms with Gasteiger partial charge in [0.1, 0.15) is 17.3 Å². The fraction of sp³-hybridized carbons (Fsp3) is 0.444. The van der Waals surface area contributed by atoms with Crippen LogP contribution in [0.15, 0.2) is 28.8 Å². The Kier molecular flexibility index (Phi) is 3.88. The Balaban J connectivity index is 1.85. The van der Waals surface area contributed by atoms with Crippen molar-refractivity contribution in [2.75, 3.05) is 25.7 Å². The zero-order valence-electron chi connectivity index (χ0n) is 14.6. The Hall–Kier alpha value is -2.54. The van der Waals surface area contributed by atoms with Crippen molar-refractivity contribution >= 4 is 11.7 Å². The Labute approximate surface area is 146 Å². The molecule has 25 heavy (non-hydrogen) atoms. The van der Waals surface area contributed by atoms with Crippen LogP contribution in [0.25, 0.3) is 0 Å². The van der Waals surface area contributed by atoms with Gasteiger partial charge in [0.25, 0.3) is 5.91 Å². The van der Waals surface area contributed by atoms with Crippen molar-refractivity contribution in [3.63, 3.8) is 0 Å². The summed E-state index contributed by atoms with van der Waals surface area (Å²) in [6.45, 7) is 2.76. The van der Waals surface area contributed by atoms with Gasteiger partial charge in [0.05, 0.1) is 26.3 Å². The van der Waals surface area contributed by atoms with Gasteiger partial charge in [0.2, 0.25) is 6.17 Å². The molecule has 2 fully saturated rings. The van der Waals surface area contributed by atoms with Gasteiger partial charge in [0.15, 0.2) is 11.9 Å². The summed E-state index contributed by atoms with van der Waals surface area (Å²) in [4.78, 5) is 16.1. The van der Waals surface area contributed by atoms with Crippen molar-refractivity contribution in [3.05, 3.63) is 35.6 Å². The predicted molar refractivity (Wildman–Crippen MR) is 89.9 cm³/mol. The van der Waals surface area contributed by atoms with Crippen LogP contribution in [0.3, 0.4) is 0 Å². The molecule has 1 N–H and O–H groups in total. The van der Waals surface area contributed by atoms with Gasteiger partial charge in [0, 0.05) is 18.9 Å². The fourth-order valence-electron chi connectivity index (χ4n) is 4.04. The van der Waals surface area contributed by atoms with E-state index in [9.17, 15) is 4.79 Å². The average Bonchev–Trinajstić information content (AvgIpc) is 3.32. The molecule has 0 spiro atoms. The number of anilines is 1. The van der Waals surface area contributed by atoms with E-state index in [4.69, 9.17) is 14.0 Å². The Morgan fingerprint density at radius 2 is 2.12 bits per heavy atom. The summed E-state index contributed by atoms with van der Waals surface area (Å²) in [5.74, 6) is 2.81. The second kappa shape index (κ2) is 6.07. The van der Waals surface area contributed by atoms with Crippen LogP contribution in [-0.2, 0) is 4.79 Å². The molecule has 132 valence electrons. The summed E-state index contributed by atoms with van der Waals surface area (Å²) in [5, 5.41) is 4.09. The predicted octanol–water partition coefficient (Wildman–Crippen LogP) is 1.09. The number of methoxy groups -OCH3 is 2. The van der Waals surface area contributed by atoms with Gasteiger partial charge in [-0.3, -0.25) is 4.79 Å². The smallest absolute Gasteiger partial charge is 0.291 e. The Bertz CT molecular complexity index is 803. The molecule has 7 nitrogen and oxygen atoms in total. The first-order valence-corrected chi connectivity index (χ1v) is 8.48. The normalized spacial score (nSPS) is 25.3. The van der Waals surface area contributed by atoms with Gasteiger partial charge in [-0.1, -0.05) is 5.16 Å². The van der Waals surface area contributed by atoms with Crippen LogP contribution in [0.4, 0.5) is 5.82 Å². The molecule has 3 atom stereocenters. The van der Waals surface area contributed by atoms with Crippen LogP contribution in [-0.4, -0.2) is 37.9 Å². The second-order valence-corrected chi connectivity index (χ2v) is 6.53. The lowest BCUT2D eigenvalue weighted by atomic mass is 10.1. The van der Waals surface area contributed by atoms with Gasteiger partial charge >= 0.3 is 0 Å². The summed E-state index contributed by atoms with van der Waals surface area (Å²) in [6.07, 6.45) is 1.74. The highest BCUT2D eigenvalue weighted by atomic mass is 16.5. The number of aromatic nitrogens is 1. The molecule has 7 heteroatoms. The standard InChI is InChI=1S/C18H21N3O4/c1-11-9-16(19-25-11)21-17(20-8-4-5-14(20)18(21)22)13-10-12(23-2)6-7-15(13)24-3/h6-7,9-10,14,17H,4-5,8H2,1-3H3/p+1. The van der Waals surface area contributed by atoms with E-state index in [-0.39, 0.29) is 18.1 Å². The number of benzene rings is 1. The third-order valence-corrected chi connectivity index (χ3v) is 5.14. The lowest BCUT2D eigenvalue weighted by molar-refractivity contribution is -0.924. The molecule has 2 aromatic rings. The molecule has 0 radical (unpaired) electrons. The first kappa shape index (κ1) is 16.0. The van der Waals surface area contributed by atoms with E-state index in [1.807, 2.05) is 25.1 Å². The summed E-state index contributed by atoms with van der Waals surface area (Å²) >= 11 is 0. The quantitative estimate of drug-likeness (QED) is 0.899. The van der Waals surface area contributed by atoms with E-state index in [0.717, 1.165) is 36.4 Å². The first-order valence-electron chi connectivity index (χ1n) is 8.48. The minimum atomic E-state index is -0.199. The number of rotatable bonds is 4. The Morgan fingerprint density at radius 3 is 2.80 bits per heavy atom. The van der Waals surface area contributed by atoms with Crippen LogP contribution in [0.5, 0.6) is 11.5 Å². The zero-order valence-corrected chi connectivity index (χ0v) is 14.6. The summed E-state index contributed by atoms with van der Waals surface area (Å²) in [7, 11) is 3.28. The number of carbonyl (C=O) groups is 1. The number of aryl methyl sites for hydroxylation is 1. The van der Waals surface area contributed by atoms with Crippen molar-refractivity contribution in [2.45, 2.75) is 32.0 Å². The minimum Gasteiger partial charge on any atom is -0.497 e. The maximum atomic E-state index is 13.1. The minimum absolute atomic E-state index is 0.0436. The number of amides is 1. The van der Waals surface area contributed by atoms with Gasteiger partial charge in [-0.25, -0.2) is 4.90 Å². The van der Waals surface area contributed by atoms with E-state index in [2.05, 4.69) is 5.16 Å². The van der Waals surface area contributed by atoms with Crippen LogP contribution >= 0.6 is 0 Å². The number of quaternary nitrogens is 1. The van der Waals surface area contributed by atoms with Gasteiger partial charge in [-0.15, -0.1) is 0 Å². The molecule has 0 aliphatic carbocycles. The number of ether oxygens (including phenoxy) is 2. The van der Waals surface area contributed by atoms with Crippen LogP contribution < -0.4 is 19.3 Å². The second-order valence-electron chi connectivity index (χ2n) is 6.53. The highest BCUT2D eigenvalue weighted by molar-refractivity contribution is 5.97. The van der Waals surface area contributed by atoms with E-state index < -0.39 is 0 Å². The molecule has 2 aliphatic heterocycles. The molecule has 0 bridgehead atoms. The highest BCUT2D eigenvalue weighted by Crippen LogP contribution is 2.36. The number of nitrogens with one attached hydrogen (secondary N) is 1. The van der Waals surface area contributed by atoms with E-state index in [0.29, 0.717) is 11.6 Å². The van der Waals surface area contributed by atoms with Crippen LogP contribution in [0, 0.1) is 6.92 Å².